The van der Waals surface area contributed by atoms with Gasteiger partial charge in [0.05, 0.1) is 0 Å². The van der Waals surface area contributed by atoms with Crippen LogP contribution < -0.4 is 15.8 Å². The number of imide groups is 1. The van der Waals surface area contributed by atoms with Crippen molar-refractivity contribution in [1.29, 1.82) is 0 Å². The Morgan fingerprint density at radius 3 is 2.27 bits per heavy atom. The Morgan fingerprint density at radius 2 is 1.73 bits per heavy atom. The van der Waals surface area contributed by atoms with Crippen molar-refractivity contribution in [1.82, 2.24) is 10.2 Å². The standard InChI is InChI=1S/C18H19F2N3O3/c1-23(11-12-7-9-14(10-8-12)26-17(19)20)15(16(24)22-18(21)25)13-5-3-2-4-6-13/h2-10,15,17H,11H2,1H3,(H3,21,22,24,25)/t15-/m1/s1. The second kappa shape index (κ2) is 8.91. The SMILES string of the molecule is CN(Cc1ccc(OC(F)F)cc1)[C@@H](C(=O)NC(N)=O)c1ccccc1. The lowest BCUT2D eigenvalue weighted by Crippen LogP contribution is -2.43. The predicted molar refractivity (Wildman–Crippen MR) is 91.5 cm³/mol. The Labute approximate surface area is 149 Å². The van der Waals surface area contributed by atoms with Crippen molar-refractivity contribution in [3.63, 3.8) is 0 Å². The van der Waals surface area contributed by atoms with E-state index in [1.807, 2.05) is 6.07 Å². The van der Waals surface area contributed by atoms with E-state index in [-0.39, 0.29) is 5.75 Å². The van der Waals surface area contributed by atoms with Crippen LogP contribution in [0.1, 0.15) is 17.2 Å². The first-order valence-corrected chi connectivity index (χ1v) is 7.76. The van der Waals surface area contributed by atoms with Gasteiger partial charge in [0.2, 0.25) is 5.91 Å². The van der Waals surface area contributed by atoms with Crippen LogP contribution in [0.5, 0.6) is 5.75 Å². The summed E-state index contributed by atoms with van der Waals surface area (Å²) >= 11 is 0. The molecule has 0 unspecified atom stereocenters. The van der Waals surface area contributed by atoms with Gasteiger partial charge in [0, 0.05) is 6.54 Å². The summed E-state index contributed by atoms with van der Waals surface area (Å²) in [5.74, 6) is -0.499. The van der Waals surface area contributed by atoms with E-state index in [2.05, 4.69) is 10.1 Å². The third-order valence-electron chi connectivity index (χ3n) is 3.63. The van der Waals surface area contributed by atoms with E-state index in [0.29, 0.717) is 12.1 Å². The maximum atomic E-state index is 12.4. The number of nitrogens with one attached hydrogen (secondary N) is 1. The second-order valence-corrected chi connectivity index (χ2v) is 5.60. The number of benzene rings is 2. The number of urea groups is 1. The molecule has 2 aromatic carbocycles. The number of nitrogens with two attached hydrogens (primary N) is 1. The van der Waals surface area contributed by atoms with E-state index >= 15 is 0 Å². The van der Waals surface area contributed by atoms with Gasteiger partial charge >= 0.3 is 12.6 Å². The largest absolute Gasteiger partial charge is 0.435 e. The van der Waals surface area contributed by atoms with Crippen molar-refractivity contribution in [2.24, 2.45) is 5.73 Å². The minimum Gasteiger partial charge on any atom is -0.435 e. The maximum absolute atomic E-state index is 12.4. The quantitative estimate of drug-likeness (QED) is 0.792. The lowest BCUT2D eigenvalue weighted by Gasteiger charge is -2.27. The number of likely N-dealkylation sites (N-methyl/N-ethyl adjacent to an activating group) is 1. The highest BCUT2D eigenvalue weighted by molar-refractivity contribution is 5.96. The first-order chi connectivity index (χ1) is 12.4. The molecule has 6 nitrogen and oxygen atoms in total. The first kappa shape index (κ1) is 19.3. The molecule has 138 valence electrons. The van der Waals surface area contributed by atoms with E-state index in [1.54, 1.807) is 48.3 Å². The Bertz CT molecular complexity index is 739. The van der Waals surface area contributed by atoms with Crippen LogP contribution in [0.3, 0.4) is 0 Å². The number of nitrogens with zero attached hydrogens (tertiary/aromatic N) is 1. The van der Waals surface area contributed by atoms with E-state index in [1.165, 1.54) is 12.1 Å². The third kappa shape index (κ3) is 5.52. The summed E-state index contributed by atoms with van der Waals surface area (Å²) < 4.78 is 28.7. The van der Waals surface area contributed by atoms with Crippen molar-refractivity contribution in [2.45, 2.75) is 19.2 Å². The molecule has 0 spiro atoms. The Balaban J connectivity index is 2.17. The number of alkyl halides is 2. The molecular formula is C18H19F2N3O3. The number of hydrogen-bond acceptors (Lipinski definition) is 4. The number of primary amides is 1. The van der Waals surface area contributed by atoms with Crippen LogP contribution >= 0.6 is 0 Å². The molecule has 0 aliphatic rings. The van der Waals surface area contributed by atoms with Crippen LogP contribution in [0.15, 0.2) is 54.6 Å². The fourth-order valence-corrected chi connectivity index (χ4v) is 2.59. The molecule has 0 saturated heterocycles. The van der Waals surface area contributed by atoms with Gasteiger partial charge in [-0.15, -0.1) is 0 Å². The zero-order valence-electron chi connectivity index (χ0n) is 14.1. The lowest BCUT2D eigenvalue weighted by molar-refractivity contribution is -0.125. The van der Waals surface area contributed by atoms with Crippen LogP contribution in [0.25, 0.3) is 0 Å². The molecule has 1 atom stereocenters. The molecule has 0 fully saturated rings. The summed E-state index contributed by atoms with van der Waals surface area (Å²) in [4.78, 5) is 25.2. The molecule has 0 heterocycles. The number of amides is 3. The van der Waals surface area contributed by atoms with E-state index < -0.39 is 24.6 Å². The molecule has 0 saturated carbocycles. The van der Waals surface area contributed by atoms with E-state index in [4.69, 9.17) is 5.73 Å². The number of carbonyl (C=O) groups excluding carboxylic acids is 2. The van der Waals surface area contributed by atoms with Crippen molar-refractivity contribution in [2.75, 3.05) is 7.05 Å². The zero-order chi connectivity index (χ0) is 19.1. The number of ether oxygens (including phenoxy) is 1. The Hall–Kier alpha value is -3.00. The molecule has 3 amide bonds. The van der Waals surface area contributed by atoms with Crippen LogP contribution in [-0.2, 0) is 11.3 Å². The molecule has 8 heteroatoms. The Morgan fingerprint density at radius 1 is 1.12 bits per heavy atom. The smallest absolute Gasteiger partial charge is 0.387 e. The monoisotopic (exact) mass is 363 g/mol. The molecule has 2 aromatic rings. The summed E-state index contributed by atoms with van der Waals surface area (Å²) in [6.07, 6.45) is 0. The summed E-state index contributed by atoms with van der Waals surface area (Å²) in [5, 5.41) is 2.09. The fourth-order valence-electron chi connectivity index (χ4n) is 2.59. The normalized spacial score (nSPS) is 12.0. The predicted octanol–water partition coefficient (Wildman–Crippen LogP) is 2.66. The molecular weight excluding hydrogens is 344 g/mol. The molecule has 26 heavy (non-hydrogen) atoms. The lowest BCUT2D eigenvalue weighted by atomic mass is 10.0. The highest BCUT2D eigenvalue weighted by atomic mass is 19.3. The van der Waals surface area contributed by atoms with Gasteiger partial charge in [-0.25, -0.2) is 4.79 Å². The zero-order valence-corrected chi connectivity index (χ0v) is 14.1. The van der Waals surface area contributed by atoms with Gasteiger partial charge in [-0.3, -0.25) is 15.0 Å². The summed E-state index contributed by atoms with van der Waals surface area (Å²) in [6.45, 7) is -2.55. The molecule has 0 aliphatic heterocycles. The highest BCUT2D eigenvalue weighted by Gasteiger charge is 2.26. The van der Waals surface area contributed by atoms with Gasteiger partial charge in [-0.2, -0.15) is 8.78 Å². The van der Waals surface area contributed by atoms with Gasteiger partial charge in [0.25, 0.3) is 0 Å². The fraction of sp³-hybridized carbons (Fsp3) is 0.222. The number of hydrogen-bond donors (Lipinski definition) is 2. The molecule has 0 radical (unpaired) electrons. The van der Waals surface area contributed by atoms with Crippen molar-refractivity contribution in [3.05, 3.63) is 65.7 Å². The Kier molecular flexibility index (Phi) is 6.62. The molecule has 2 rings (SSSR count). The summed E-state index contributed by atoms with van der Waals surface area (Å²) in [6, 6.07) is 13.3. The van der Waals surface area contributed by atoms with Gasteiger partial charge in [-0.05, 0) is 30.3 Å². The number of carbonyl (C=O) groups is 2. The van der Waals surface area contributed by atoms with Crippen molar-refractivity contribution in [3.8, 4) is 5.75 Å². The molecule has 0 aromatic heterocycles. The maximum Gasteiger partial charge on any atom is 0.387 e. The van der Waals surface area contributed by atoms with Gasteiger partial charge in [0.15, 0.2) is 0 Å². The highest BCUT2D eigenvalue weighted by Crippen LogP contribution is 2.23. The van der Waals surface area contributed by atoms with Crippen LogP contribution in [-0.4, -0.2) is 30.5 Å². The summed E-state index contributed by atoms with van der Waals surface area (Å²) in [5.41, 5.74) is 6.52. The van der Waals surface area contributed by atoms with Crippen LogP contribution in [0.4, 0.5) is 13.6 Å². The first-order valence-electron chi connectivity index (χ1n) is 7.76. The van der Waals surface area contributed by atoms with Crippen LogP contribution in [0, 0.1) is 0 Å². The molecule has 3 N–H and O–H groups in total. The minimum atomic E-state index is -2.89. The topological polar surface area (TPSA) is 84.7 Å². The molecule has 0 aliphatic carbocycles. The van der Waals surface area contributed by atoms with Gasteiger partial charge in [0.1, 0.15) is 11.8 Å². The average Bonchev–Trinajstić information content (AvgIpc) is 2.56. The number of halogens is 2. The van der Waals surface area contributed by atoms with Crippen molar-refractivity contribution < 1.29 is 23.1 Å². The van der Waals surface area contributed by atoms with Crippen LogP contribution in [0.2, 0.25) is 0 Å². The average molecular weight is 363 g/mol. The minimum absolute atomic E-state index is 0.0532. The summed E-state index contributed by atoms with van der Waals surface area (Å²) in [7, 11) is 1.71. The van der Waals surface area contributed by atoms with Crippen molar-refractivity contribution >= 4 is 11.9 Å². The second-order valence-electron chi connectivity index (χ2n) is 5.60. The van der Waals surface area contributed by atoms with Gasteiger partial charge in [-0.1, -0.05) is 42.5 Å². The van der Waals surface area contributed by atoms with Gasteiger partial charge < -0.3 is 10.5 Å². The third-order valence-corrected chi connectivity index (χ3v) is 3.63. The van der Waals surface area contributed by atoms with E-state index in [9.17, 15) is 18.4 Å². The number of rotatable bonds is 7. The van der Waals surface area contributed by atoms with E-state index in [0.717, 1.165) is 5.56 Å². The molecule has 0 bridgehead atoms.